The van der Waals surface area contributed by atoms with E-state index in [4.69, 9.17) is 34.8 Å². The number of hydrogen-bond acceptors (Lipinski definition) is 3. The molecule has 0 unspecified atom stereocenters. The molecule has 9 heteroatoms. The molecular formula is C23H16Cl3N3O3. The molecule has 0 aliphatic carbocycles. The fourth-order valence-corrected chi connectivity index (χ4v) is 3.89. The van der Waals surface area contributed by atoms with E-state index >= 15 is 0 Å². The van der Waals surface area contributed by atoms with Crippen molar-refractivity contribution in [3.05, 3.63) is 85.6 Å². The van der Waals surface area contributed by atoms with Crippen molar-refractivity contribution in [1.82, 2.24) is 4.57 Å². The molecule has 3 aromatic rings. The van der Waals surface area contributed by atoms with E-state index in [1.54, 1.807) is 31.2 Å². The first-order valence-electron chi connectivity index (χ1n) is 9.22. The topological polar surface area (TPSA) is 95.1 Å². The highest BCUT2D eigenvalue weighted by atomic mass is 35.5. The van der Waals surface area contributed by atoms with Gasteiger partial charge in [-0.2, -0.15) is 5.26 Å². The Bertz CT molecular complexity index is 1320. The Labute approximate surface area is 199 Å². The Hall–Kier alpha value is -3.24. The van der Waals surface area contributed by atoms with Crippen molar-refractivity contribution < 1.29 is 14.7 Å². The van der Waals surface area contributed by atoms with Gasteiger partial charge >= 0.3 is 5.97 Å². The Morgan fingerprint density at radius 3 is 2.41 bits per heavy atom. The predicted molar refractivity (Wildman–Crippen MR) is 126 cm³/mol. The van der Waals surface area contributed by atoms with Crippen LogP contribution in [0.5, 0.6) is 0 Å². The summed E-state index contributed by atoms with van der Waals surface area (Å²) < 4.78 is 1.82. The molecule has 1 heterocycles. The molecule has 0 saturated carbocycles. The Balaban J connectivity index is 1.98. The molecule has 0 atom stereocenters. The molecule has 0 saturated heterocycles. The summed E-state index contributed by atoms with van der Waals surface area (Å²) >= 11 is 17.9. The molecule has 0 aliphatic heterocycles. The van der Waals surface area contributed by atoms with Gasteiger partial charge in [0, 0.05) is 22.1 Å². The number of benzene rings is 2. The third-order valence-corrected chi connectivity index (χ3v) is 5.63. The van der Waals surface area contributed by atoms with Crippen molar-refractivity contribution in [2.75, 3.05) is 5.32 Å². The molecule has 3 rings (SSSR count). The van der Waals surface area contributed by atoms with Crippen LogP contribution in [0.25, 0.3) is 11.8 Å². The van der Waals surface area contributed by atoms with Crippen molar-refractivity contribution in [2.24, 2.45) is 0 Å². The van der Waals surface area contributed by atoms with Crippen molar-refractivity contribution in [1.29, 1.82) is 5.26 Å². The number of aryl methyl sites for hydroxylation is 1. The summed E-state index contributed by atoms with van der Waals surface area (Å²) in [5.74, 6) is -1.76. The van der Waals surface area contributed by atoms with Crippen LogP contribution in [0.4, 0.5) is 5.69 Å². The lowest BCUT2D eigenvalue weighted by molar-refractivity contribution is -0.112. The minimum atomic E-state index is -1.14. The van der Waals surface area contributed by atoms with Crippen LogP contribution in [0, 0.1) is 25.2 Å². The average molecular weight is 489 g/mol. The van der Waals surface area contributed by atoms with Gasteiger partial charge in [-0.25, -0.2) is 4.79 Å². The van der Waals surface area contributed by atoms with E-state index in [1.807, 2.05) is 17.6 Å². The van der Waals surface area contributed by atoms with Crippen LogP contribution >= 0.6 is 34.8 Å². The number of nitrogens with zero attached hydrogens (tertiary/aromatic N) is 2. The van der Waals surface area contributed by atoms with E-state index in [9.17, 15) is 20.0 Å². The van der Waals surface area contributed by atoms with Gasteiger partial charge in [0.25, 0.3) is 5.91 Å². The average Bonchev–Trinajstić information content (AvgIpc) is 3.01. The van der Waals surface area contributed by atoms with Gasteiger partial charge in [0.05, 0.1) is 21.3 Å². The van der Waals surface area contributed by atoms with E-state index in [2.05, 4.69) is 5.32 Å². The van der Waals surface area contributed by atoms with Crippen molar-refractivity contribution in [3.63, 3.8) is 0 Å². The highest BCUT2D eigenvalue weighted by molar-refractivity contribution is 6.37. The maximum Gasteiger partial charge on any atom is 0.337 e. The normalized spacial score (nSPS) is 11.2. The molecule has 0 fully saturated rings. The SMILES string of the molecule is Cc1cc(/C=C(/C#N)C(=O)Nc2ccc(Cl)cc2Cl)c(C)n1-c1ccc(Cl)c(C(=O)O)c1. The zero-order chi connectivity index (χ0) is 23.6. The number of nitriles is 1. The molecule has 0 aliphatic rings. The van der Waals surface area contributed by atoms with Gasteiger partial charge in [-0.05, 0) is 68.0 Å². The summed E-state index contributed by atoms with van der Waals surface area (Å²) in [5.41, 5.74) is 2.90. The molecule has 2 N–H and O–H groups in total. The zero-order valence-electron chi connectivity index (χ0n) is 16.9. The molecule has 2 aromatic carbocycles. The number of carbonyl (C=O) groups is 2. The minimum Gasteiger partial charge on any atom is -0.478 e. The summed E-state index contributed by atoms with van der Waals surface area (Å²) in [6, 6.07) is 13.0. The number of carbonyl (C=O) groups excluding carboxylic acids is 1. The molecule has 162 valence electrons. The van der Waals surface area contributed by atoms with Crippen molar-refractivity contribution in [3.8, 4) is 11.8 Å². The number of aromatic carboxylic acids is 1. The second-order valence-corrected chi connectivity index (χ2v) is 8.13. The van der Waals surface area contributed by atoms with Gasteiger partial charge in [0.15, 0.2) is 0 Å². The quantitative estimate of drug-likeness (QED) is 0.325. The second-order valence-electron chi connectivity index (χ2n) is 6.88. The summed E-state index contributed by atoms with van der Waals surface area (Å²) in [4.78, 5) is 24.1. The van der Waals surface area contributed by atoms with Crippen LogP contribution in [0.15, 0.2) is 48.0 Å². The van der Waals surface area contributed by atoms with Crippen LogP contribution in [-0.4, -0.2) is 21.6 Å². The van der Waals surface area contributed by atoms with Gasteiger partial charge < -0.3 is 15.0 Å². The molecule has 0 spiro atoms. The lowest BCUT2D eigenvalue weighted by Gasteiger charge is -2.11. The highest BCUT2D eigenvalue weighted by Gasteiger charge is 2.17. The van der Waals surface area contributed by atoms with E-state index in [-0.39, 0.29) is 21.2 Å². The van der Waals surface area contributed by atoms with Crippen LogP contribution in [-0.2, 0) is 4.79 Å². The largest absolute Gasteiger partial charge is 0.478 e. The second kappa shape index (κ2) is 9.49. The summed E-state index contributed by atoms with van der Waals surface area (Å²) in [6.45, 7) is 3.63. The number of carboxylic acid groups (broad SMARTS) is 1. The number of hydrogen-bond donors (Lipinski definition) is 2. The van der Waals surface area contributed by atoms with Crippen LogP contribution in [0.3, 0.4) is 0 Å². The van der Waals surface area contributed by atoms with E-state index in [0.717, 1.165) is 5.69 Å². The molecule has 1 amide bonds. The van der Waals surface area contributed by atoms with Gasteiger partial charge in [-0.1, -0.05) is 34.8 Å². The molecule has 0 radical (unpaired) electrons. The first-order chi connectivity index (χ1) is 15.1. The van der Waals surface area contributed by atoms with Gasteiger partial charge in [0.1, 0.15) is 11.6 Å². The maximum atomic E-state index is 12.6. The van der Waals surface area contributed by atoms with E-state index in [1.165, 1.54) is 24.3 Å². The number of aromatic nitrogens is 1. The lowest BCUT2D eigenvalue weighted by atomic mass is 10.1. The minimum absolute atomic E-state index is 0.0225. The number of halogens is 3. The third kappa shape index (κ3) is 4.81. The highest BCUT2D eigenvalue weighted by Crippen LogP contribution is 2.28. The van der Waals surface area contributed by atoms with E-state index in [0.29, 0.717) is 27.7 Å². The first kappa shape index (κ1) is 23.4. The number of nitrogens with one attached hydrogen (secondary N) is 1. The summed E-state index contributed by atoms with van der Waals surface area (Å²) in [6.07, 6.45) is 1.46. The smallest absolute Gasteiger partial charge is 0.337 e. The van der Waals surface area contributed by atoms with Crippen molar-refractivity contribution >= 4 is 58.4 Å². The van der Waals surface area contributed by atoms with Crippen molar-refractivity contribution in [2.45, 2.75) is 13.8 Å². The van der Waals surface area contributed by atoms with Gasteiger partial charge in [0.2, 0.25) is 0 Å². The van der Waals surface area contributed by atoms with Crippen LogP contribution < -0.4 is 5.32 Å². The zero-order valence-corrected chi connectivity index (χ0v) is 19.2. The Morgan fingerprint density at radius 1 is 1.06 bits per heavy atom. The standard InChI is InChI=1S/C23H16Cl3N3O3/c1-12-7-14(13(2)29(12)17-4-5-19(25)18(10-17)23(31)32)8-15(11-27)22(30)28-21-6-3-16(24)9-20(21)26/h3-10H,1-2H3,(H,28,30)(H,31,32)/b15-8-. The number of rotatable bonds is 5. The molecular weight excluding hydrogens is 473 g/mol. The fourth-order valence-electron chi connectivity index (χ4n) is 3.23. The predicted octanol–water partition coefficient (Wildman–Crippen LogP) is 6.30. The molecule has 6 nitrogen and oxygen atoms in total. The van der Waals surface area contributed by atoms with Gasteiger partial charge in [-0.3, -0.25) is 4.79 Å². The number of carboxylic acids is 1. The molecule has 1 aromatic heterocycles. The summed E-state index contributed by atoms with van der Waals surface area (Å²) in [5, 5.41) is 22.3. The van der Waals surface area contributed by atoms with Gasteiger partial charge in [-0.15, -0.1) is 0 Å². The maximum absolute atomic E-state index is 12.6. The molecule has 0 bridgehead atoms. The molecule has 32 heavy (non-hydrogen) atoms. The first-order valence-corrected chi connectivity index (χ1v) is 10.4. The third-order valence-electron chi connectivity index (χ3n) is 4.75. The Kier molecular flexibility index (Phi) is 6.95. The lowest BCUT2D eigenvalue weighted by Crippen LogP contribution is -2.13. The number of amides is 1. The van der Waals surface area contributed by atoms with Crippen LogP contribution in [0.1, 0.15) is 27.3 Å². The monoisotopic (exact) mass is 487 g/mol. The van der Waals surface area contributed by atoms with E-state index < -0.39 is 11.9 Å². The Morgan fingerprint density at radius 2 is 1.78 bits per heavy atom. The number of anilines is 1. The van der Waals surface area contributed by atoms with Crippen LogP contribution in [0.2, 0.25) is 15.1 Å². The summed E-state index contributed by atoms with van der Waals surface area (Å²) in [7, 11) is 0. The fraction of sp³-hybridized carbons (Fsp3) is 0.0870.